The monoisotopic (exact) mass is 549 g/mol. The summed E-state index contributed by atoms with van der Waals surface area (Å²) in [5, 5.41) is 2.32. The van der Waals surface area contributed by atoms with Crippen LogP contribution in [-0.4, -0.2) is 73.6 Å². The number of halogens is 3. The van der Waals surface area contributed by atoms with Gasteiger partial charge in [-0.2, -0.15) is 13.2 Å². The van der Waals surface area contributed by atoms with Crippen molar-refractivity contribution in [2.75, 3.05) is 39.8 Å². The molecule has 0 atom stereocenters. The molecule has 2 amide bonds. The molecule has 3 rings (SSSR count). The number of carbonyl (C=O) groups is 3. The Morgan fingerprint density at radius 2 is 1.49 bits per heavy atom. The quantitative estimate of drug-likeness (QED) is 0.454. The molecule has 1 aliphatic rings. The standard InChI is InChI=1S/C28H34F3N3O5/c1-27(2,28(29,30)31)16-24(35)32-17-25(36)34-14-12-33(13-15-34)18-20-6-10-23(11-7-20)39-19-21-4-8-22(9-5-21)26(37)38-3/h4-11H,12-19H2,1-3H3,(H,32,35). The number of alkyl halides is 3. The van der Waals surface area contributed by atoms with E-state index in [4.69, 9.17) is 9.47 Å². The summed E-state index contributed by atoms with van der Waals surface area (Å²) >= 11 is 0. The van der Waals surface area contributed by atoms with Gasteiger partial charge in [-0.3, -0.25) is 14.5 Å². The SMILES string of the molecule is COC(=O)c1ccc(COc2ccc(CN3CCN(C(=O)CNC(=O)CC(C)(C)C(F)(F)F)CC3)cc2)cc1. The summed E-state index contributed by atoms with van der Waals surface area (Å²) in [6.07, 6.45) is -5.23. The van der Waals surface area contributed by atoms with Crippen molar-refractivity contribution < 1.29 is 37.0 Å². The van der Waals surface area contributed by atoms with Crippen LogP contribution in [-0.2, 0) is 27.5 Å². The highest BCUT2D eigenvalue weighted by Crippen LogP contribution is 2.40. The second kappa shape index (κ2) is 13.0. The smallest absolute Gasteiger partial charge is 0.394 e. The number of amides is 2. The second-order valence-corrected chi connectivity index (χ2v) is 10.1. The molecule has 1 N–H and O–H groups in total. The highest BCUT2D eigenvalue weighted by atomic mass is 19.4. The maximum atomic E-state index is 13.0. The Bertz CT molecular complexity index is 1130. The Morgan fingerprint density at radius 1 is 0.897 bits per heavy atom. The van der Waals surface area contributed by atoms with E-state index in [0.717, 1.165) is 25.0 Å². The number of nitrogens with one attached hydrogen (secondary N) is 1. The van der Waals surface area contributed by atoms with E-state index in [1.807, 2.05) is 36.4 Å². The maximum Gasteiger partial charge on any atom is 0.394 e. The Labute approximate surface area is 226 Å². The van der Waals surface area contributed by atoms with E-state index >= 15 is 0 Å². The molecule has 0 spiro atoms. The van der Waals surface area contributed by atoms with Gasteiger partial charge in [0.25, 0.3) is 0 Å². The van der Waals surface area contributed by atoms with Gasteiger partial charge < -0.3 is 19.7 Å². The first-order valence-corrected chi connectivity index (χ1v) is 12.6. The highest BCUT2D eigenvalue weighted by molar-refractivity contribution is 5.89. The van der Waals surface area contributed by atoms with Gasteiger partial charge in [0.2, 0.25) is 11.8 Å². The van der Waals surface area contributed by atoms with Crippen LogP contribution < -0.4 is 10.1 Å². The lowest BCUT2D eigenvalue weighted by Gasteiger charge is -2.35. The molecular weight excluding hydrogens is 515 g/mol. The number of hydrogen-bond acceptors (Lipinski definition) is 6. The van der Waals surface area contributed by atoms with Gasteiger partial charge in [0.15, 0.2) is 0 Å². The molecule has 11 heteroatoms. The molecule has 2 aromatic rings. The minimum Gasteiger partial charge on any atom is -0.489 e. The molecule has 1 heterocycles. The zero-order chi connectivity index (χ0) is 28.6. The van der Waals surface area contributed by atoms with Crippen molar-refractivity contribution in [3.05, 3.63) is 65.2 Å². The first-order valence-electron chi connectivity index (χ1n) is 12.6. The van der Waals surface area contributed by atoms with Gasteiger partial charge in [-0.1, -0.05) is 38.1 Å². The highest BCUT2D eigenvalue weighted by Gasteiger charge is 2.48. The summed E-state index contributed by atoms with van der Waals surface area (Å²) < 4.78 is 49.4. The number of rotatable bonds is 10. The number of ether oxygens (including phenoxy) is 2. The fourth-order valence-corrected chi connectivity index (χ4v) is 3.98. The number of carbonyl (C=O) groups excluding carboxylic acids is 3. The Morgan fingerprint density at radius 3 is 2.05 bits per heavy atom. The molecule has 212 valence electrons. The molecule has 0 unspecified atom stereocenters. The van der Waals surface area contributed by atoms with E-state index in [1.54, 1.807) is 17.0 Å². The predicted molar refractivity (Wildman–Crippen MR) is 138 cm³/mol. The van der Waals surface area contributed by atoms with Crippen molar-refractivity contribution in [1.29, 1.82) is 0 Å². The minimum atomic E-state index is -4.50. The van der Waals surface area contributed by atoms with Gasteiger partial charge in [-0.15, -0.1) is 0 Å². The third-order valence-corrected chi connectivity index (χ3v) is 6.64. The molecule has 2 aromatic carbocycles. The average Bonchev–Trinajstić information content (AvgIpc) is 2.90. The van der Waals surface area contributed by atoms with Crippen LogP contribution in [0.3, 0.4) is 0 Å². The minimum absolute atomic E-state index is 0.311. The molecule has 0 saturated carbocycles. The van der Waals surface area contributed by atoms with E-state index in [2.05, 4.69) is 10.2 Å². The molecule has 1 saturated heterocycles. The number of methoxy groups -OCH3 is 1. The Balaban J connectivity index is 1.38. The molecular formula is C28H34F3N3O5. The van der Waals surface area contributed by atoms with E-state index in [9.17, 15) is 27.6 Å². The van der Waals surface area contributed by atoms with E-state index in [-0.39, 0.29) is 18.4 Å². The van der Waals surface area contributed by atoms with Crippen molar-refractivity contribution in [2.45, 2.75) is 39.6 Å². The zero-order valence-corrected chi connectivity index (χ0v) is 22.3. The van der Waals surface area contributed by atoms with Crippen LogP contribution in [0.4, 0.5) is 13.2 Å². The van der Waals surface area contributed by atoms with Gasteiger partial charge in [-0.25, -0.2) is 4.79 Å². The summed E-state index contributed by atoms with van der Waals surface area (Å²) in [4.78, 5) is 39.7. The summed E-state index contributed by atoms with van der Waals surface area (Å²) in [5.41, 5.74) is 0.328. The summed E-state index contributed by atoms with van der Waals surface area (Å²) in [6.45, 7) is 4.88. The van der Waals surface area contributed by atoms with Crippen LogP contribution in [0.1, 0.15) is 41.8 Å². The molecule has 0 aliphatic carbocycles. The third kappa shape index (κ3) is 8.71. The maximum absolute atomic E-state index is 13.0. The molecule has 1 fully saturated rings. The normalized spacial score (nSPS) is 14.6. The fourth-order valence-electron chi connectivity index (χ4n) is 3.98. The third-order valence-electron chi connectivity index (χ3n) is 6.64. The summed E-state index contributed by atoms with van der Waals surface area (Å²) in [5.74, 6) is -0.781. The number of nitrogens with zero attached hydrogens (tertiary/aromatic N) is 2. The first kappa shape index (κ1) is 29.9. The van der Waals surface area contributed by atoms with Gasteiger partial charge >= 0.3 is 12.1 Å². The average molecular weight is 550 g/mol. The molecule has 8 nitrogen and oxygen atoms in total. The zero-order valence-electron chi connectivity index (χ0n) is 22.3. The van der Waals surface area contributed by atoms with Crippen LogP contribution in [0.2, 0.25) is 0 Å². The topological polar surface area (TPSA) is 88.2 Å². The number of benzene rings is 2. The van der Waals surface area contributed by atoms with Crippen molar-refractivity contribution in [3.63, 3.8) is 0 Å². The Hall–Kier alpha value is -3.60. The van der Waals surface area contributed by atoms with Gasteiger partial charge in [0.05, 0.1) is 24.6 Å². The van der Waals surface area contributed by atoms with Crippen molar-refractivity contribution >= 4 is 17.8 Å². The van der Waals surface area contributed by atoms with Crippen LogP contribution in [0.15, 0.2) is 48.5 Å². The van der Waals surface area contributed by atoms with E-state index < -0.39 is 23.9 Å². The van der Waals surface area contributed by atoms with Crippen LogP contribution in [0.5, 0.6) is 5.75 Å². The van der Waals surface area contributed by atoms with Crippen molar-refractivity contribution in [3.8, 4) is 5.75 Å². The van der Waals surface area contributed by atoms with Crippen LogP contribution >= 0.6 is 0 Å². The largest absolute Gasteiger partial charge is 0.489 e. The molecule has 1 aliphatic heterocycles. The summed E-state index contributed by atoms with van der Waals surface area (Å²) in [6, 6.07) is 14.7. The first-order chi connectivity index (χ1) is 18.4. The predicted octanol–water partition coefficient (Wildman–Crippen LogP) is 3.79. The summed E-state index contributed by atoms with van der Waals surface area (Å²) in [7, 11) is 1.34. The van der Waals surface area contributed by atoms with E-state index in [1.165, 1.54) is 7.11 Å². The molecule has 0 aromatic heterocycles. The molecule has 0 bridgehead atoms. The van der Waals surface area contributed by atoms with Crippen LogP contribution in [0, 0.1) is 5.41 Å². The number of piperazine rings is 1. The number of hydrogen-bond donors (Lipinski definition) is 1. The van der Waals surface area contributed by atoms with Gasteiger partial charge in [0, 0.05) is 39.1 Å². The lowest BCUT2D eigenvalue weighted by molar-refractivity contribution is -0.213. The Kier molecular flexibility index (Phi) is 9.96. The second-order valence-electron chi connectivity index (χ2n) is 10.1. The van der Waals surface area contributed by atoms with E-state index in [0.29, 0.717) is 50.6 Å². The molecule has 39 heavy (non-hydrogen) atoms. The van der Waals surface area contributed by atoms with Gasteiger partial charge in [-0.05, 0) is 35.4 Å². The number of esters is 1. The van der Waals surface area contributed by atoms with Crippen molar-refractivity contribution in [2.24, 2.45) is 5.41 Å². The lowest BCUT2D eigenvalue weighted by atomic mass is 9.88. The van der Waals surface area contributed by atoms with Gasteiger partial charge in [0.1, 0.15) is 12.4 Å². The van der Waals surface area contributed by atoms with Crippen LogP contribution in [0.25, 0.3) is 0 Å². The lowest BCUT2D eigenvalue weighted by Crippen LogP contribution is -2.51. The van der Waals surface area contributed by atoms with Crippen molar-refractivity contribution in [1.82, 2.24) is 15.1 Å². The molecule has 0 radical (unpaired) electrons. The fraction of sp³-hybridized carbons (Fsp3) is 0.464.